The molecule has 0 aliphatic carbocycles. The Labute approximate surface area is 55.9 Å². The van der Waals surface area contributed by atoms with Gasteiger partial charge in [0, 0.05) is 6.16 Å². The van der Waals surface area contributed by atoms with E-state index in [2.05, 4.69) is 18.7 Å². The molecule has 0 bridgehead atoms. The smallest absolute Gasteiger partial charge is 0.164 e. The summed E-state index contributed by atoms with van der Waals surface area (Å²) in [5.74, 6) is 0. The number of rotatable bonds is 4. The lowest BCUT2D eigenvalue weighted by molar-refractivity contribution is 0.595. The zero-order valence-electron chi connectivity index (χ0n) is 5.09. The Kier molecular flexibility index (Phi) is 5.67. The van der Waals surface area contributed by atoms with Crippen molar-refractivity contribution in [3.05, 3.63) is 0 Å². The first-order valence-electron chi connectivity index (χ1n) is 2.89. The summed E-state index contributed by atoms with van der Waals surface area (Å²) in [6.07, 6.45) is 4.12. The second-order valence-corrected chi connectivity index (χ2v) is 4.10. The minimum Gasteiger partial charge on any atom is -0.270 e. The summed E-state index contributed by atoms with van der Waals surface area (Å²) in [4.78, 5) is 0. The van der Waals surface area contributed by atoms with Crippen molar-refractivity contribution >= 4 is 18.4 Å². The van der Waals surface area contributed by atoms with Gasteiger partial charge in [0.15, 0.2) is 6.58 Å². The third-order valence-electron chi connectivity index (χ3n) is 0.944. The molecule has 0 radical (unpaired) electrons. The Hall–Kier alpha value is 0.320. The molecule has 0 saturated heterocycles. The predicted octanol–water partition coefficient (Wildman–Crippen LogP) is 2.47. The molecule has 1 nitrogen and oxygen atoms in total. The van der Waals surface area contributed by atoms with Crippen LogP contribution in [0.5, 0.6) is 0 Å². The van der Waals surface area contributed by atoms with Crippen LogP contribution >= 0.6 is 6.58 Å². The molecule has 0 rings (SSSR count). The van der Waals surface area contributed by atoms with E-state index in [-0.39, 0.29) is 0 Å². The Morgan fingerprint density at radius 1 is 1.50 bits per heavy atom. The summed E-state index contributed by atoms with van der Waals surface area (Å²) in [5, 5.41) is 0. The monoisotopic (exact) mass is 150 g/mol. The fourth-order valence-electron chi connectivity index (χ4n) is 0.491. The third-order valence-corrected chi connectivity index (χ3v) is 2.17. The van der Waals surface area contributed by atoms with Crippen molar-refractivity contribution < 1.29 is 4.57 Å². The van der Waals surface area contributed by atoms with Crippen molar-refractivity contribution in [3.8, 4) is 0 Å². The molecule has 0 fully saturated rings. The Bertz CT molecular complexity index is 101. The maximum atomic E-state index is 10.3. The van der Waals surface area contributed by atoms with Crippen LogP contribution in [0.2, 0.25) is 0 Å². The summed E-state index contributed by atoms with van der Waals surface area (Å²) in [5.41, 5.74) is 0. The molecule has 0 aromatic heterocycles. The van der Waals surface area contributed by atoms with E-state index in [1.165, 1.54) is 6.42 Å². The largest absolute Gasteiger partial charge is 0.270 e. The van der Waals surface area contributed by atoms with Gasteiger partial charge in [-0.1, -0.05) is 19.8 Å². The number of unbranched alkanes of at least 4 members (excludes halogenated alkanes) is 2. The Morgan fingerprint density at radius 2 is 2.12 bits per heavy atom. The van der Waals surface area contributed by atoms with Crippen LogP contribution in [0.4, 0.5) is 0 Å². The molecular formula is C5H11OPS. The molecule has 0 aromatic carbocycles. The highest BCUT2D eigenvalue weighted by Crippen LogP contribution is 2.07. The number of hydrogen-bond acceptors (Lipinski definition) is 2. The van der Waals surface area contributed by atoms with Gasteiger partial charge in [0.2, 0.25) is 0 Å². The highest BCUT2D eigenvalue weighted by atomic mass is 32.4. The third kappa shape index (κ3) is 6.32. The van der Waals surface area contributed by atoms with Gasteiger partial charge in [-0.15, -0.1) is 0 Å². The van der Waals surface area contributed by atoms with Gasteiger partial charge in [0.05, 0.1) is 0 Å². The second-order valence-electron chi connectivity index (χ2n) is 1.76. The molecule has 0 N–H and O–H groups in total. The van der Waals surface area contributed by atoms with Crippen LogP contribution in [0.3, 0.4) is 0 Å². The minimum absolute atomic E-state index is 0.735. The predicted molar refractivity (Wildman–Crippen MR) is 39.4 cm³/mol. The maximum absolute atomic E-state index is 10.3. The standard InChI is InChI=1S/C5H11OPS/c1-2-3-4-5-7(6)8/h2-5H2,1H3. The topological polar surface area (TPSA) is 17.1 Å². The van der Waals surface area contributed by atoms with Gasteiger partial charge in [-0.05, 0) is 18.2 Å². The highest BCUT2D eigenvalue weighted by molar-refractivity contribution is 7.99. The van der Waals surface area contributed by atoms with E-state index in [9.17, 15) is 4.57 Å². The molecule has 1 atom stereocenters. The summed E-state index contributed by atoms with van der Waals surface area (Å²) < 4.78 is 10.3. The first-order chi connectivity index (χ1) is 3.77. The van der Waals surface area contributed by atoms with Crippen molar-refractivity contribution in [2.24, 2.45) is 0 Å². The summed E-state index contributed by atoms with van der Waals surface area (Å²) >= 11 is 4.50. The lowest BCUT2D eigenvalue weighted by Crippen LogP contribution is -1.73. The van der Waals surface area contributed by atoms with Gasteiger partial charge < -0.3 is 0 Å². The molecular weight excluding hydrogens is 139 g/mol. The van der Waals surface area contributed by atoms with Crippen molar-refractivity contribution in [2.75, 3.05) is 6.16 Å². The lowest BCUT2D eigenvalue weighted by atomic mass is 10.3. The molecule has 1 unspecified atom stereocenters. The molecule has 48 valence electrons. The zero-order chi connectivity index (χ0) is 6.41. The summed E-state index contributed by atoms with van der Waals surface area (Å²) in [7, 11) is 0. The first-order valence-corrected chi connectivity index (χ1v) is 5.35. The average Bonchev–Trinajstić information content (AvgIpc) is 1.66. The molecule has 0 aromatic rings. The molecule has 0 amide bonds. The molecule has 3 heteroatoms. The zero-order valence-corrected chi connectivity index (χ0v) is 6.80. The van der Waals surface area contributed by atoms with E-state index in [0.717, 1.165) is 19.0 Å². The maximum Gasteiger partial charge on any atom is 0.164 e. The van der Waals surface area contributed by atoms with E-state index in [1.54, 1.807) is 0 Å². The summed E-state index contributed by atoms with van der Waals surface area (Å²) in [6.45, 7) is 0.843. The fourth-order valence-corrected chi connectivity index (χ4v) is 1.36. The van der Waals surface area contributed by atoms with Crippen LogP contribution < -0.4 is 0 Å². The van der Waals surface area contributed by atoms with Crippen LogP contribution in [-0.4, -0.2) is 6.16 Å². The van der Waals surface area contributed by atoms with E-state index in [1.807, 2.05) is 0 Å². The number of hydrogen-bond donors (Lipinski definition) is 0. The van der Waals surface area contributed by atoms with Gasteiger partial charge in [0.25, 0.3) is 0 Å². The van der Waals surface area contributed by atoms with Crippen LogP contribution in [-0.2, 0) is 16.4 Å². The average molecular weight is 150 g/mol. The van der Waals surface area contributed by atoms with Gasteiger partial charge in [-0.3, -0.25) is 4.57 Å². The van der Waals surface area contributed by atoms with Crippen molar-refractivity contribution in [1.29, 1.82) is 0 Å². The Balaban J connectivity index is 2.94. The van der Waals surface area contributed by atoms with Crippen molar-refractivity contribution in [3.63, 3.8) is 0 Å². The van der Waals surface area contributed by atoms with E-state index in [4.69, 9.17) is 0 Å². The highest BCUT2D eigenvalue weighted by Gasteiger charge is 1.85. The van der Waals surface area contributed by atoms with Crippen LogP contribution in [0.15, 0.2) is 0 Å². The Morgan fingerprint density at radius 3 is 2.50 bits per heavy atom. The first kappa shape index (κ1) is 8.32. The normalized spacial score (nSPS) is 11.4. The SMILES string of the molecule is CCCCCP(=O)=S. The van der Waals surface area contributed by atoms with E-state index >= 15 is 0 Å². The molecule has 0 heterocycles. The minimum atomic E-state index is -1.28. The second kappa shape index (κ2) is 5.46. The van der Waals surface area contributed by atoms with Crippen LogP contribution in [0.25, 0.3) is 0 Å². The quantitative estimate of drug-likeness (QED) is 0.452. The van der Waals surface area contributed by atoms with Crippen LogP contribution in [0, 0.1) is 0 Å². The molecule has 0 saturated carbocycles. The van der Waals surface area contributed by atoms with Crippen LogP contribution in [0.1, 0.15) is 26.2 Å². The van der Waals surface area contributed by atoms with Gasteiger partial charge in [0.1, 0.15) is 0 Å². The van der Waals surface area contributed by atoms with Gasteiger partial charge in [-0.25, -0.2) is 0 Å². The summed E-state index contributed by atoms with van der Waals surface area (Å²) in [6, 6.07) is 0. The van der Waals surface area contributed by atoms with Crippen molar-refractivity contribution in [1.82, 2.24) is 0 Å². The lowest BCUT2D eigenvalue weighted by Gasteiger charge is -1.86. The molecule has 8 heavy (non-hydrogen) atoms. The van der Waals surface area contributed by atoms with E-state index in [0.29, 0.717) is 0 Å². The van der Waals surface area contributed by atoms with Crippen molar-refractivity contribution in [2.45, 2.75) is 26.2 Å². The molecule has 0 aliphatic heterocycles. The van der Waals surface area contributed by atoms with Gasteiger partial charge in [-0.2, -0.15) is 0 Å². The van der Waals surface area contributed by atoms with Gasteiger partial charge >= 0.3 is 0 Å². The fraction of sp³-hybridized carbons (Fsp3) is 1.00. The molecule has 0 aliphatic rings. The van der Waals surface area contributed by atoms with E-state index < -0.39 is 6.58 Å². The molecule has 0 spiro atoms.